The molecule has 3 heteroatoms. The van der Waals surface area contributed by atoms with Crippen LogP contribution in [0.5, 0.6) is 0 Å². The summed E-state index contributed by atoms with van der Waals surface area (Å²) < 4.78 is 0. The maximum absolute atomic E-state index is 10.8. The molecular formula is C10H15NOS. The largest absolute Gasteiger partial charge is 0.304 e. The minimum absolute atomic E-state index is 0.234. The van der Waals surface area contributed by atoms with Crippen LogP contribution in [-0.4, -0.2) is 24.8 Å². The highest BCUT2D eigenvalue weighted by molar-refractivity contribution is 7.12. The van der Waals surface area contributed by atoms with Gasteiger partial charge in [-0.05, 0) is 33.2 Å². The normalized spacial score (nSPS) is 10.8. The third-order valence-corrected chi connectivity index (χ3v) is 2.68. The summed E-state index contributed by atoms with van der Waals surface area (Å²) >= 11 is 1.73. The quantitative estimate of drug-likeness (QED) is 0.735. The van der Waals surface area contributed by atoms with Crippen molar-refractivity contribution in [1.29, 1.82) is 0 Å². The van der Waals surface area contributed by atoms with Crippen LogP contribution in [0.4, 0.5) is 0 Å². The number of carbonyl (C=O) groups is 1. The van der Waals surface area contributed by atoms with Crippen molar-refractivity contribution < 1.29 is 4.79 Å². The number of thiophene rings is 1. The Morgan fingerprint density at radius 3 is 2.54 bits per heavy atom. The lowest BCUT2D eigenvalue weighted by molar-refractivity contribution is -0.116. The van der Waals surface area contributed by atoms with Crippen LogP contribution < -0.4 is 0 Å². The predicted molar refractivity (Wildman–Crippen MR) is 56.1 cm³/mol. The van der Waals surface area contributed by atoms with E-state index in [0.717, 1.165) is 6.54 Å². The van der Waals surface area contributed by atoms with Crippen molar-refractivity contribution in [1.82, 2.24) is 4.90 Å². The number of Topliss-reactive ketones (excluding diaryl/α,β-unsaturated/α-hetero) is 1. The molecule has 0 radical (unpaired) electrons. The van der Waals surface area contributed by atoms with Gasteiger partial charge in [-0.2, -0.15) is 0 Å². The molecule has 0 aliphatic heterocycles. The summed E-state index contributed by atoms with van der Waals surface area (Å²) in [5, 5.41) is 0. The zero-order valence-electron chi connectivity index (χ0n) is 8.33. The number of hydrogen-bond acceptors (Lipinski definition) is 3. The van der Waals surface area contributed by atoms with Crippen LogP contribution in [0.3, 0.4) is 0 Å². The maximum Gasteiger partial charge on any atom is 0.135 e. The van der Waals surface area contributed by atoms with Gasteiger partial charge in [0, 0.05) is 22.7 Å². The molecule has 1 aromatic rings. The second kappa shape index (κ2) is 4.53. The van der Waals surface area contributed by atoms with E-state index in [4.69, 9.17) is 0 Å². The van der Waals surface area contributed by atoms with Crippen LogP contribution in [0, 0.1) is 0 Å². The summed E-state index contributed by atoms with van der Waals surface area (Å²) in [5.74, 6) is 0.234. The third-order valence-electron chi connectivity index (χ3n) is 1.61. The molecule has 0 saturated heterocycles. The smallest absolute Gasteiger partial charge is 0.135 e. The lowest BCUT2D eigenvalue weighted by Gasteiger charge is -2.05. The molecule has 0 fully saturated rings. The Morgan fingerprint density at radius 1 is 1.38 bits per heavy atom. The molecule has 1 rings (SSSR count). The van der Waals surface area contributed by atoms with E-state index in [2.05, 4.69) is 11.0 Å². The number of nitrogens with zero attached hydrogens (tertiary/aromatic N) is 1. The van der Waals surface area contributed by atoms with Gasteiger partial charge in [0.1, 0.15) is 5.78 Å². The van der Waals surface area contributed by atoms with Crippen LogP contribution in [0.1, 0.15) is 16.7 Å². The predicted octanol–water partition coefficient (Wildman–Crippen LogP) is 1.94. The molecule has 72 valence electrons. The van der Waals surface area contributed by atoms with Crippen molar-refractivity contribution in [2.45, 2.75) is 19.9 Å². The van der Waals surface area contributed by atoms with E-state index in [1.807, 2.05) is 20.2 Å². The van der Waals surface area contributed by atoms with E-state index in [0.29, 0.717) is 6.42 Å². The van der Waals surface area contributed by atoms with Gasteiger partial charge in [-0.1, -0.05) is 0 Å². The van der Waals surface area contributed by atoms with Gasteiger partial charge in [0.25, 0.3) is 0 Å². The Hall–Kier alpha value is -0.670. The molecular weight excluding hydrogens is 182 g/mol. The first kappa shape index (κ1) is 10.4. The van der Waals surface area contributed by atoms with E-state index in [1.54, 1.807) is 18.3 Å². The topological polar surface area (TPSA) is 20.3 Å². The molecule has 0 aliphatic rings. The first-order valence-electron chi connectivity index (χ1n) is 4.29. The van der Waals surface area contributed by atoms with Gasteiger partial charge >= 0.3 is 0 Å². The number of carbonyl (C=O) groups excluding carboxylic acids is 1. The molecule has 0 N–H and O–H groups in total. The van der Waals surface area contributed by atoms with Crippen LogP contribution in [-0.2, 0) is 17.8 Å². The van der Waals surface area contributed by atoms with Gasteiger partial charge < -0.3 is 4.90 Å². The lowest BCUT2D eigenvalue weighted by Crippen LogP contribution is -2.09. The fourth-order valence-electron chi connectivity index (χ4n) is 1.16. The van der Waals surface area contributed by atoms with Gasteiger partial charge in [0.2, 0.25) is 0 Å². The van der Waals surface area contributed by atoms with Crippen molar-refractivity contribution in [2.24, 2.45) is 0 Å². The Morgan fingerprint density at radius 2 is 2.00 bits per heavy atom. The van der Waals surface area contributed by atoms with Gasteiger partial charge in [0.15, 0.2) is 0 Å². The molecule has 0 bridgehead atoms. The average molecular weight is 197 g/mol. The first-order chi connectivity index (χ1) is 6.08. The molecule has 0 atom stereocenters. The van der Waals surface area contributed by atoms with E-state index < -0.39 is 0 Å². The Bertz CT molecular complexity index is 291. The highest BCUT2D eigenvalue weighted by Crippen LogP contribution is 2.18. The number of hydrogen-bond donors (Lipinski definition) is 0. The zero-order valence-corrected chi connectivity index (χ0v) is 9.15. The summed E-state index contributed by atoms with van der Waals surface area (Å²) in [6.07, 6.45) is 0.581. The Kier molecular flexibility index (Phi) is 3.63. The molecule has 1 aromatic heterocycles. The van der Waals surface area contributed by atoms with E-state index in [-0.39, 0.29) is 5.78 Å². The summed E-state index contributed by atoms with van der Waals surface area (Å²) in [4.78, 5) is 15.5. The Labute approximate surface area is 83.2 Å². The van der Waals surface area contributed by atoms with Gasteiger partial charge in [-0.15, -0.1) is 11.3 Å². The number of rotatable bonds is 4. The average Bonchev–Trinajstić information content (AvgIpc) is 2.33. The van der Waals surface area contributed by atoms with Crippen LogP contribution in [0.15, 0.2) is 12.1 Å². The van der Waals surface area contributed by atoms with E-state index in [1.165, 1.54) is 9.75 Å². The first-order valence-corrected chi connectivity index (χ1v) is 5.11. The standard InChI is InChI=1S/C10H15NOS/c1-8(12)6-9-4-5-10(13-9)7-11(2)3/h4-5H,6-7H2,1-3H3. The van der Waals surface area contributed by atoms with Gasteiger partial charge in [-0.25, -0.2) is 0 Å². The van der Waals surface area contributed by atoms with Crippen LogP contribution >= 0.6 is 11.3 Å². The SMILES string of the molecule is CC(=O)Cc1ccc(CN(C)C)s1. The third kappa shape index (κ3) is 3.70. The minimum atomic E-state index is 0.234. The summed E-state index contributed by atoms with van der Waals surface area (Å²) in [6.45, 7) is 2.59. The molecule has 0 aliphatic carbocycles. The van der Waals surface area contributed by atoms with E-state index in [9.17, 15) is 4.79 Å². The van der Waals surface area contributed by atoms with Crippen molar-refractivity contribution >= 4 is 17.1 Å². The molecule has 1 heterocycles. The van der Waals surface area contributed by atoms with Crippen molar-refractivity contribution in [3.05, 3.63) is 21.9 Å². The second-order valence-electron chi connectivity index (χ2n) is 3.48. The molecule has 0 unspecified atom stereocenters. The highest BCUT2D eigenvalue weighted by atomic mass is 32.1. The molecule has 13 heavy (non-hydrogen) atoms. The van der Waals surface area contributed by atoms with Crippen LogP contribution in [0.2, 0.25) is 0 Å². The minimum Gasteiger partial charge on any atom is -0.304 e. The van der Waals surface area contributed by atoms with Gasteiger partial charge in [0.05, 0.1) is 0 Å². The number of ketones is 1. The molecule has 0 amide bonds. The monoisotopic (exact) mass is 197 g/mol. The molecule has 0 spiro atoms. The molecule has 2 nitrogen and oxygen atoms in total. The van der Waals surface area contributed by atoms with Crippen molar-refractivity contribution in [2.75, 3.05) is 14.1 Å². The summed E-state index contributed by atoms with van der Waals surface area (Å²) in [7, 11) is 4.09. The molecule has 0 saturated carbocycles. The zero-order chi connectivity index (χ0) is 9.84. The summed E-state index contributed by atoms with van der Waals surface area (Å²) in [5.41, 5.74) is 0. The fraction of sp³-hybridized carbons (Fsp3) is 0.500. The van der Waals surface area contributed by atoms with Crippen molar-refractivity contribution in [3.63, 3.8) is 0 Å². The second-order valence-corrected chi connectivity index (χ2v) is 4.74. The van der Waals surface area contributed by atoms with Crippen molar-refractivity contribution in [3.8, 4) is 0 Å². The lowest BCUT2D eigenvalue weighted by atomic mass is 10.3. The summed E-state index contributed by atoms with van der Waals surface area (Å²) in [6, 6.07) is 4.15. The maximum atomic E-state index is 10.8. The highest BCUT2D eigenvalue weighted by Gasteiger charge is 2.03. The molecule has 0 aromatic carbocycles. The van der Waals surface area contributed by atoms with Crippen LogP contribution in [0.25, 0.3) is 0 Å². The van der Waals surface area contributed by atoms with Gasteiger partial charge in [-0.3, -0.25) is 4.79 Å². The van der Waals surface area contributed by atoms with E-state index >= 15 is 0 Å². The fourth-order valence-corrected chi connectivity index (χ4v) is 2.37. The Balaban J connectivity index is 2.58.